The second kappa shape index (κ2) is 7.70. The number of rotatable bonds is 4. The Kier molecular flexibility index (Phi) is 5.48. The van der Waals surface area contributed by atoms with Gasteiger partial charge in [-0.05, 0) is 34.1 Å². The van der Waals surface area contributed by atoms with Gasteiger partial charge in [-0.3, -0.25) is 13.8 Å². The molecule has 0 radical (unpaired) electrons. The van der Waals surface area contributed by atoms with Gasteiger partial charge in [-0.25, -0.2) is 8.42 Å². The number of anilines is 1. The lowest BCUT2D eigenvalue weighted by atomic mass is 9.85. The molecule has 4 aromatic rings. The first kappa shape index (κ1) is 23.5. The third-order valence-corrected chi connectivity index (χ3v) is 6.42. The van der Waals surface area contributed by atoms with Crippen LogP contribution in [0.25, 0.3) is 16.6 Å². The predicted molar refractivity (Wildman–Crippen MR) is 133 cm³/mol. The number of nitrogens with zero attached hydrogens (tertiary/aromatic N) is 5. The molecule has 1 aromatic carbocycles. The van der Waals surface area contributed by atoms with Crippen molar-refractivity contribution in [3.63, 3.8) is 0 Å². The van der Waals surface area contributed by atoms with Crippen molar-refractivity contribution < 1.29 is 8.42 Å². The zero-order valence-corrected chi connectivity index (χ0v) is 21.5. The zero-order valence-electron chi connectivity index (χ0n) is 19.9. The minimum Gasteiger partial charge on any atom is -0.267 e. The Bertz CT molecular complexity index is 1470. The molecule has 1 N–H and O–H groups in total. The lowest BCUT2D eigenvalue weighted by Gasteiger charge is -2.22. The number of fused-ring (bicyclic) bond motifs is 2. The van der Waals surface area contributed by atoms with Crippen LogP contribution in [0.2, 0.25) is 5.02 Å². The summed E-state index contributed by atoms with van der Waals surface area (Å²) in [6.45, 7) is 13.2. The third kappa shape index (κ3) is 4.56. The Morgan fingerprint density at radius 2 is 1.70 bits per heavy atom. The van der Waals surface area contributed by atoms with Crippen molar-refractivity contribution in [2.24, 2.45) is 0 Å². The van der Waals surface area contributed by atoms with E-state index in [1.165, 1.54) is 0 Å². The first-order chi connectivity index (χ1) is 15.1. The average molecular weight is 489 g/mol. The maximum atomic E-state index is 11.9. The van der Waals surface area contributed by atoms with Crippen molar-refractivity contribution in [1.82, 2.24) is 24.4 Å². The Labute approximate surface area is 199 Å². The van der Waals surface area contributed by atoms with E-state index in [1.807, 2.05) is 16.9 Å². The molecular formula is C23H29ClN6O2S. The smallest absolute Gasteiger partial charge is 0.242 e. The molecule has 10 heteroatoms. The van der Waals surface area contributed by atoms with Crippen LogP contribution in [0, 0.1) is 0 Å². The molecule has 8 nitrogen and oxygen atoms in total. The number of aromatic nitrogens is 5. The number of hydrogen-bond acceptors (Lipinski definition) is 5. The van der Waals surface area contributed by atoms with Gasteiger partial charge in [-0.15, -0.1) is 10.2 Å². The zero-order chi connectivity index (χ0) is 24.3. The van der Waals surface area contributed by atoms with Crippen molar-refractivity contribution in [2.75, 3.05) is 11.0 Å². The Hall–Kier alpha value is -2.65. The minimum atomic E-state index is -3.51. The van der Waals surface area contributed by atoms with E-state index in [9.17, 15) is 8.42 Å². The summed E-state index contributed by atoms with van der Waals surface area (Å²) in [6.07, 6.45) is 4.74. The van der Waals surface area contributed by atoms with E-state index >= 15 is 0 Å². The van der Waals surface area contributed by atoms with Crippen LogP contribution in [-0.4, -0.2) is 39.1 Å². The maximum absolute atomic E-state index is 11.9. The van der Waals surface area contributed by atoms with Crippen molar-refractivity contribution in [2.45, 2.75) is 58.9 Å². The fraction of sp³-hybridized carbons (Fsp3) is 0.435. The highest BCUT2D eigenvalue weighted by Gasteiger charge is 2.24. The van der Waals surface area contributed by atoms with Crippen LogP contribution in [0.3, 0.4) is 0 Å². The summed E-state index contributed by atoms with van der Waals surface area (Å²) in [5.41, 5.74) is 4.32. The van der Waals surface area contributed by atoms with E-state index in [2.05, 4.69) is 73.7 Å². The van der Waals surface area contributed by atoms with Gasteiger partial charge in [-0.1, -0.05) is 59.2 Å². The molecular weight excluding hydrogens is 460 g/mol. The van der Waals surface area contributed by atoms with Crippen LogP contribution in [0.15, 0.2) is 30.6 Å². The number of hydrogen-bond donors (Lipinski definition) is 1. The molecule has 0 unspecified atom stereocenters. The van der Waals surface area contributed by atoms with Crippen LogP contribution in [0.1, 0.15) is 58.2 Å². The molecule has 0 saturated heterocycles. The van der Waals surface area contributed by atoms with E-state index in [-0.39, 0.29) is 16.8 Å². The highest BCUT2D eigenvalue weighted by Crippen LogP contribution is 2.35. The lowest BCUT2D eigenvalue weighted by Crippen LogP contribution is -2.17. The standard InChI is InChI=1S/C23H29ClN6O2S/c1-22(2,3)16-8-9-18(24)15-11-25-30(19(15)16)13-14-10-17(23(4,5)6)20-26-27-21(29(20)12-14)28-33(7,31)32/h8-12H,13H2,1-7H3,(H,27,28). The summed E-state index contributed by atoms with van der Waals surface area (Å²) >= 11 is 6.49. The van der Waals surface area contributed by atoms with Gasteiger partial charge in [0.05, 0.1) is 29.5 Å². The van der Waals surface area contributed by atoms with Gasteiger partial charge in [0.25, 0.3) is 0 Å². The highest BCUT2D eigenvalue weighted by molar-refractivity contribution is 7.92. The molecule has 33 heavy (non-hydrogen) atoms. The molecule has 176 valence electrons. The molecule has 0 aliphatic rings. The van der Waals surface area contributed by atoms with Crippen LogP contribution < -0.4 is 4.72 Å². The summed E-state index contributed by atoms with van der Waals surface area (Å²) in [6, 6.07) is 6.06. The molecule has 0 aliphatic carbocycles. The first-order valence-electron chi connectivity index (χ1n) is 10.7. The fourth-order valence-corrected chi connectivity index (χ4v) is 4.66. The maximum Gasteiger partial charge on any atom is 0.242 e. The summed E-state index contributed by atoms with van der Waals surface area (Å²) in [5.74, 6) is 0.156. The normalized spacial score (nSPS) is 13.2. The largest absolute Gasteiger partial charge is 0.267 e. The molecule has 3 aromatic heterocycles. The number of sulfonamides is 1. The van der Waals surface area contributed by atoms with E-state index in [0.29, 0.717) is 17.2 Å². The van der Waals surface area contributed by atoms with E-state index in [0.717, 1.165) is 33.8 Å². The number of pyridine rings is 1. The van der Waals surface area contributed by atoms with Gasteiger partial charge in [0, 0.05) is 17.1 Å². The topological polar surface area (TPSA) is 94.2 Å². The molecule has 0 saturated carbocycles. The molecule has 0 atom stereocenters. The summed E-state index contributed by atoms with van der Waals surface area (Å²) in [5, 5.41) is 14.6. The van der Waals surface area contributed by atoms with Crippen molar-refractivity contribution >= 4 is 44.1 Å². The number of nitrogens with one attached hydrogen (secondary N) is 1. The fourth-order valence-electron chi connectivity index (χ4n) is 3.99. The Balaban J connectivity index is 1.92. The van der Waals surface area contributed by atoms with E-state index in [1.54, 1.807) is 10.6 Å². The van der Waals surface area contributed by atoms with E-state index in [4.69, 9.17) is 11.6 Å². The Morgan fingerprint density at radius 3 is 2.30 bits per heavy atom. The summed E-state index contributed by atoms with van der Waals surface area (Å²) < 4.78 is 29.8. The third-order valence-electron chi connectivity index (χ3n) is 5.53. The first-order valence-corrected chi connectivity index (χ1v) is 12.9. The van der Waals surface area contributed by atoms with Crippen molar-refractivity contribution in [1.29, 1.82) is 0 Å². The Morgan fingerprint density at radius 1 is 1.03 bits per heavy atom. The summed E-state index contributed by atoms with van der Waals surface area (Å²) in [4.78, 5) is 0. The molecule has 4 rings (SSSR count). The predicted octanol–water partition coefficient (Wildman–Crippen LogP) is 4.75. The van der Waals surface area contributed by atoms with Gasteiger partial charge in [-0.2, -0.15) is 5.10 Å². The second-order valence-corrected chi connectivity index (χ2v) is 12.7. The van der Waals surface area contributed by atoms with Crippen molar-refractivity contribution in [3.8, 4) is 0 Å². The highest BCUT2D eigenvalue weighted by atomic mass is 35.5. The summed E-state index contributed by atoms with van der Waals surface area (Å²) in [7, 11) is -3.51. The number of halogens is 1. The molecule has 0 bridgehead atoms. The molecule has 3 heterocycles. The minimum absolute atomic E-state index is 0.0952. The average Bonchev–Trinajstić information content (AvgIpc) is 3.24. The SMILES string of the molecule is CC(C)(C)c1ccc(Cl)c2cnn(Cc3cc(C(C)(C)C)c4nnc(NS(C)(=O)=O)n4c3)c12. The molecule has 0 amide bonds. The molecule has 0 aliphatic heterocycles. The van der Waals surface area contributed by atoms with Crippen LogP contribution in [0.5, 0.6) is 0 Å². The van der Waals surface area contributed by atoms with Crippen LogP contribution >= 0.6 is 11.6 Å². The molecule has 0 spiro atoms. The van der Waals surface area contributed by atoms with Crippen LogP contribution in [-0.2, 0) is 27.4 Å². The lowest BCUT2D eigenvalue weighted by molar-refractivity contribution is 0.584. The van der Waals surface area contributed by atoms with Gasteiger partial charge in [0.15, 0.2) is 5.65 Å². The molecule has 0 fully saturated rings. The monoisotopic (exact) mass is 488 g/mol. The van der Waals surface area contributed by atoms with Gasteiger partial charge in [0.1, 0.15) is 0 Å². The van der Waals surface area contributed by atoms with Gasteiger partial charge >= 0.3 is 0 Å². The van der Waals surface area contributed by atoms with Crippen molar-refractivity contribution in [3.05, 3.63) is 52.3 Å². The number of benzene rings is 1. The quantitative estimate of drug-likeness (QED) is 0.447. The van der Waals surface area contributed by atoms with Gasteiger partial charge in [0.2, 0.25) is 16.0 Å². The van der Waals surface area contributed by atoms with Crippen LogP contribution in [0.4, 0.5) is 5.95 Å². The second-order valence-electron chi connectivity index (χ2n) is 10.5. The van der Waals surface area contributed by atoms with Gasteiger partial charge < -0.3 is 0 Å². The van der Waals surface area contributed by atoms with E-state index < -0.39 is 10.0 Å².